The number of carbonyl (C=O) groups is 1. The van der Waals surface area contributed by atoms with Gasteiger partial charge in [-0.3, -0.25) is 0 Å². The van der Waals surface area contributed by atoms with E-state index >= 15 is 0 Å². The lowest BCUT2D eigenvalue weighted by atomic mass is 10.2. The molecular formula is C12H10BrClN2O2. The molecule has 2 aromatic rings. The lowest BCUT2D eigenvalue weighted by Crippen LogP contribution is -2.02. The second-order valence-corrected chi connectivity index (χ2v) is 5.07. The third-order valence-electron chi connectivity index (χ3n) is 2.63. The summed E-state index contributed by atoms with van der Waals surface area (Å²) in [6, 6.07) is 4.58. The molecule has 1 aromatic heterocycles. The first-order valence-electron chi connectivity index (χ1n) is 5.16. The molecule has 0 unspecified atom stereocenters. The topological polar surface area (TPSA) is 55.1 Å². The molecule has 0 fully saturated rings. The summed E-state index contributed by atoms with van der Waals surface area (Å²) in [4.78, 5) is 10.8. The minimum atomic E-state index is -1.00. The highest BCUT2D eigenvalue weighted by Gasteiger charge is 2.14. The quantitative estimate of drug-likeness (QED) is 0.916. The van der Waals surface area contributed by atoms with Crippen molar-refractivity contribution in [2.75, 3.05) is 0 Å². The van der Waals surface area contributed by atoms with E-state index < -0.39 is 5.97 Å². The van der Waals surface area contributed by atoms with Crippen LogP contribution in [0.3, 0.4) is 0 Å². The van der Waals surface area contributed by atoms with Crippen LogP contribution in [0.5, 0.6) is 0 Å². The van der Waals surface area contributed by atoms with Crippen LogP contribution in [0, 0.1) is 13.8 Å². The normalized spacial score (nSPS) is 10.7. The van der Waals surface area contributed by atoms with Gasteiger partial charge in [0, 0.05) is 0 Å². The number of halogens is 2. The molecule has 18 heavy (non-hydrogen) atoms. The van der Waals surface area contributed by atoms with Crippen molar-refractivity contribution in [1.29, 1.82) is 0 Å². The molecule has 0 aliphatic rings. The first kappa shape index (κ1) is 13.1. The molecule has 0 aliphatic heterocycles. The molecule has 0 atom stereocenters. The Bertz CT molecular complexity index is 637. The molecule has 94 valence electrons. The Morgan fingerprint density at radius 3 is 2.56 bits per heavy atom. The van der Waals surface area contributed by atoms with Gasteiger partial charge in [0.1, 0.15) is 0 Å². The number of aromatic nitrogens is 2. The van der Waals surface area contributed by atoms with Gasteiger partial charge in [0.2, 0.25) is 0 Å². The van der Waals surface area contributed by atoms with E-state index in [2.05, 4.69) is 21.0 Å². The van der Waals surface area contributed by atoms with E-state index in [9.17, 15) is 4.79 Å². The number of carboxylic acids is 1. The zero-order chi connectivity index (χ0) is 13.4. The summed E-state index contributed by atoms with van der Waals surface area (Å²) in [5.74, 6) is -1.00. The zero-order valence-corrected chi connectivity index (χ0v) is 12.1. The standard InChI is InChI=1S/C12H10BrClN2O2/c1-6-11(13)7(2)16(15-6)10-4-3-8(12(17)18)5-9(10)14/h3-5H,1-2H3,(H,17,18). The van der Waals surface area contributed by atoms with Crippen molar-refractivity contribution in [2.24, 2.45) is 0 Å². The molecule has 4 nitrogen and oxygen atoms in total. The maximum absolute atomic E-state index is 10.8. The minimum absolute atomic E-state index is 0.157. The average molecular weight is 330 g/mol. The van der Waals surface area contributed by atoms with Gasteiger partial charge in [-0.2, -0.15) is 5.10 Å². The highest BCUT2D eigenvalue weighted by atomic mass is 79.9. The van der Waals surface area contributed by atoms with Gasteiger partial charge in [-0.05, 0) is 48.0 Å². The second kappa shape index (κ2) is 4.74. The zero-order valence-electron chi connectivity index (χ0n) is 9.74. The van der Waals surface area contributed by atoms with E-state index in [-0.39, 0.29) is 5.56 Å². The maximum atomic E-state index is 10.8. The Morgan fingerprint density at radius 2 is 2.11 bits per heavy atom. The minimum Gasteiger partial charge on any atom is -0.478 e. The first-order chi connectivity index (χ1) is 8.41. The first-order valence-corrected chi connectivity index (χ1v) is 6.34. The smallest absolute Gasteiger partial charge is 0.335 e. The van der Waals surface area contributed by atoms with E-state index in [1.54, 1.807) is 10.7 Å². The van der Waals surface area contributed by atoms with Gasteiger partial charge in [-0.15, -0.1) is 0 Å². The van der Waals surface area contributed by atoms with Crippen molar-refractivity contribution in [2.45, 2.75) is 13.8 Å². The summed E-state index contributed by atoms with van der Waals surface area (Å²) >= 11 is 9.54. The molecule has 0 radical (unpaired) electrons. The molecule has 0 aliphatic carbocycles. The molecule has 0 saturated heterocycles. The number of carboxylic acid groups (broad SMARTS) is 1. The lowest BCUT2D eigenvalue weighted by molar-refractivity contribution is 0.0697. The van der Waals surface area contributed by atoms with Crippen molar-refractivity contribution >= 4 is 33.5 Å². The van der Waals surface area contributed by atoms with Gasteiger partial charge in [0.05, 0.1) is 32.1 Å². The van der Waals surface area contributed by atoms with Gasteiger partial charge in [0.15, 0.2) is 0 Å². The summed E-state index contributed by atoms with van der Waals surface area (Å²) in [6.07, 6.45) is 0. The van der Waals surface area contributed by atoms with Crippen LogP contribution in [0.25, 0.3) is 5.69 Å². The molecule has 0 saturated carbocycles. The van der Waals surface area contributed by atoms with Crippen molar-refractivity contribution < 1.29 is 9.90 Å². The third kappa shape index (κ3) is 2.15. The average Bonchev–Trinajstić information content (AvgIpc) is 2.57. The van der Waals surface area contributed by atoms with Crippen LogP contribution in [0.4, 0.5) is 0 Å². The summed E-state index contributed by atoms with van der Waals surface area (Å²) in [7, 11) is 0. The van der Waals surface area contributed by atoms with E-state index in [1.165, 1.54) is 12.1 Å². The number of aromatic carboxylic acids is 1. The second-order valence-electron chi connectivity index (χ2n) is 3.87. The van der Waals surface area contributed by atoms with Crippen molar-refractivity contribution in [3.63, 3.8) is 0 Å². The molecule has 0 amide bonds. The summed E-state index contributed by atoms with van der Waals surface area (Å²) < 4.78 is 2.61. The highest BCUT2D eigenvalue weighted by Crippen LogP contribution is 2.27. The van der Waals surface area contributed by atoms with Crippen molar-refractivity contribution in [3.05, 3.63) is 44.6 Å². The highest BCUT2D eigenvalue weighted by molar-refractivity contribution is 9.10. The monoisotopic (exact) mass is 328 g/mol. The van der Waals surface area contributed by atoms with E-state index in [0.717, 1.165) is 15.9 Å². The molecule has 0 bridgehead atoms. The van der Waals surface area contributed by atoms with Crippen LogP contribution in [-0.2, 0) is 0 Å². The van der Waals surface area contributed by atoms with Gasteiger partial charge >= 0.3 is 5.97 Å². The summed E-state index contributed by atoms with van der Waals surface area (Å²) in [6.45, 7) is 3.79. The lowest BCUT2D eigenvalue weighted by Gasteiger charge is -2.07. The van der Waals surface area contributed by atoms with Crippen molar-refractivity contribution in [1.82, 2.24) is 9.78 Å². The molecule has 1 N–H and O–H groups in total. The fourth-order valence-corrected chi connectivity index (χ4v) is 2.18. The molecule has 1 aromatic carbocycles. The Morgan fingerprint density at radius 1 is 1.44 bits per heavy atom. The molecule has 2 rings (SSSR count). The van der Waals surface area contributed by atoms with Crippen LogP contribution in [0.1, 0.15) is 21.7 Å². The largest absolute Gasteiger partial charge is 0.478 e. The summed E-state index contributed by atoms with van der Waals surface area (Å²) in [5.41, 5.74) is 2.58. The number of benzene rings is 1. The SMILES string of the molecule is Cc1nn(-c2ccc(C(=O)O)cc2Cl)c(C)c1Br. The van der Waals surface area contributed by atoms with Crippen LogP contribution in [0.2, 0.25) is 5.02 Å². The van der Waals surface area contributed by atoms with Crippen LogP contribution in [0.15, 0.2) is 22.7 Å². The van der Waals surface area contributed by atoms with Crippen molar-refractivity contribution in [3.8, 4) is 5.69 Å². The van der Waals surface area contributed by atoms with Crippen LogP contribution < -0.4 is 0 Å². The van der Waals surface area contributed by atoms with Gasteiger partial charge in [-0.25, -0.2) is 9.48 Å². The molecule has 1 heterocycles. The molecule has 0 spiro atoms. The van der Waals surface area contributed by atoms with E-state index in [4.69, 9.17) is 16.7 Å². The number of hydrogen-bond donors (Lipinski definition) is 1. The fraction of sp³-hybridized carbons (Fsp3) is 0.167. The van der Waals surface area contributed by atoms with E-state index in [1.807, 2.05) is 13.8 Å². The van der Waals surface area contributed by atoms with Crippen LogP contribution in [-0.4, -0.2) is 20.9 Å². The molecular weight excluding hydrogens is 320 g/mol. The van der Waals surface area contributed by atoms with Crippen LogP contribution >= 0.6 is 27.5 Å². The number of hydrogen-bond acceptors (Lipinski definition) is 2. The maximum Gasteiger partial charge on any atom is 0.335 e. The predicted molar refractivity (Wildman–Crippen MR) is 72.7 cm³/mol. The Kier molecular flexibility index (Phi) is 3.45. The number of aryl methyl sites for hydroxylation is 1. The Hall–Kier alpha value is -1.33. The van der Waals surface area contributed by atoms with Gasteiger partial charge in [0.25, 0.3) is 0 Å². The van der Waals surface area contributed by atoms with E-state index in [0.29, 0.717) is 10.7 Å². The summed E-state index contributed by atoms with van der Waals surface area (Å²) in [5, 5.41) is 13.6. The fourth-order valence-electron chi connectivity index (χ4n) is 1.67. The van der Waals surface area contributed by atoms with Gasteiger partial charge in [-0.1, -0.05) is 11.6 Å². The molecule has 6 heteroatoms. The Labute approximate surface area is 117 Å². The number of nitrogens with zero attached hydrogens (tertiary/aromatic N) is 2. The Balaban J connectivity index is 2.58. The number of rotatable bonds is 2. The third-order valence-corrected chi connectivity index (χ3v) is 4.08. The predicted octanol–water partition coefficient (Wildman–Crippen LogP) is 3.60. The van der Waals surface area contributed by atoms with Gasteiger partial charge < -0.3 is 5.11 Å².